The first-order valence-corrected chi connectivity index (χ1v) is 5.49. The quantitative estimate of drug-likeness (QED) is 0.839. The molecule has 76 valence electrons. The summed E-state index contributed by atoms with van der Waals surface area (Å²) >= 11 is 9.00. The number of aromatic nitrogens is 1. The first-order valence-electron chi connectivity index (χ1n) is 4.31. The summed E-state index contributed by atoms with van der Waals surface area (Å²) in [4.78, 5) is 14.8. The molecular formula is C11H7BrClNO. The summed E-state index contributed by atoms with van der Waals surface area (Å²) < 4.78 is 0.791. The highest BCUT2D eigenvalue weighted by molar-refractivity contribution is 9.10. The number of hydrogen-bond donors (Lipinski definition) is 1. The molecular weight excluding hydrogens is 277 g/mol. The third-order valence-corrected chi connectivity index (χ3v) is 2.72. The predicted octanol–water partition coefficient (Wildman–Crippen LogP) is 3.66. The molecule has 1 aromatic heterocycles. The molecule has 0 spiro atoms. The first-order chi connectivity index (χ1) is 7.16. The van der Waals surface area contributed by atoms with Gasteiger partial charge in [-0.25, -0.2) is 0 Å². The minimum absolute atomic E-state index is 0.0441. The van der Waals surface area contributed by atoms with Gasteiger partial charge in [0.1, 0.15) is 0 Å². The maximum absolute atomic E-state index is 11.9. The van der Waals surface area contributed by atoms with E-state index in [2.05, 4.69) is 20.9 Å². The van der Waals surface area contributed by atoms with Crippen LogP contribution in [-0.4, -0.2) is 10.8 Å². The van der Waals surface area contributed by atoms with Crippen LogP contribution in [0.2, 0.25) is 5.02 Å². The number of rotatable bonds is 2. The van der Waals surface area contributed by atoms with Gasteiger partial charge in [0.05, 0.1) is 10.3 Å². The summed E-state index contributed by atoms with van der Waals surface area (Å²) in [5.41, 5.74) is 1.18. The zero-order chi connectivity index (χ0) is 10.8. The van der Waals surface area contributed by atoms with Crippen molar-refractivity contribution in [2.45, 2.75) is 0 Å². The minimum Gasteiger partial charge on any atom is -0.347 e. The van der Waals surface area contributed by atoms with Gasteiger partial charge in [0.2, 0.25) is 5.78 Å². The van der Waals surface area contributed by atoms with Crippen LogP contribution >= 0.6 is 27.5 Å². The van der Waals surface area contributed by atoms with Crippen molar-refractivity contribution in [2.75, 3.05) is 0 Å². The second-order valence-electron chi connectivity index (χ2n) is 3.06. The highest BCUT2D eigenvalue weighted by Gasteiger charge is 2.10. The number of aromatic amines is 1. The molecule has 0 unspecified atom stereocenters. The Hall–Kier alpha value is -1.06. The number of carbonyl (C=O) groups is 1. The fourth-order valence-corrected chi connectivity index (χ4v) is 1.73. The number of hydrogen-bond acceptors (Lipinski definition) is 1. The Labute approximate surface area is 100 Å². The largest absolute Gasteiger partial charge is 0.347 e. The van der Waals surface area contributed by atoms with Gasteiger partial charge < -0.3 is 4.98 Å². The zero-order valence-electron chi connectivity index (χ0n) is 7.63. The van der Waals surface area contributed by atoms with Crippen molar-refractivity contribution < 1.29 is 4.79 Å². The van der Waals surface area contributed by atoms with Crippen LogP contribution in [0.4, 0.5) is 0 Å². The van der Waals surface area contributed by atoms with Crippen molar-refractivity contribution >= 4 is 33.3 Å². The van der Waals surface area contributed by atoms with Gasteiger partial charge in [-0.2, -0.15) is 0 Å². The van der Waals surface area contributed by atoms with Gasteiger partial charge in [0.25, 0.3) is 0 Å². The molecule has 0 saturated carbocycles. The van der Waals surface area contributed by atoms with Crippen molar-refractivity contribution in [3.63, 3.8) is 0 Å². The summed E-state index contributed by atoms with van der Waals surface area (Å²) in [6, 6.07) is 10.3. The number of ketones is 1. The van der Waals surface area contributed by atoms with Crippen LogP contribution in [0.5, 0.6) is 0 Å². The molecule has 0 saturated heterocycles. The normalized spacial score (nSPS) is 10.3. The lowest BCUT2D eigenvalue weighted by molar-refractivity contribution is 0.103. The molecule has 1 N–H and O–H groups in total. The smallest absolute Gasteiger partial charge is 0.209 e. The third-order valence-electron chi connectivity index (χ3n) is 2.00. The summed E-state index contributed by atoms with van der Waals surface area (Å²) in [7, 11) is 0. The summed E-state index contributed by atoms with van der Waals surface area (Å²) in [6.07, 6.45) is 0. The van der Waals surface area contributed by atoms with E-state index >= 15 is 0 Å². The summed E-state index contributed by atoms with van der Waals surface area (Å²) in [5, 5.41) is 0.624. The number of halogens is 2. The SMILES string of the molecule is O=C(c1ccc(Cl)cc1)c1ccc(Br)[nH]1. The van der Waals surface area contributed by atoms with E-state index in [9.17, 15) is 4.79 Å². The van der Waals surface area contributed by atoms with E-state index in [4.69, 9.17) is 11.6 Å². The Kier molecular flexibility index (Phi) is 2.93. The molecule has 15 heavy (non-hydrogen) atoms. The van der Waals surface area contributed by atoms with Crippen molar-refractivity contribution in [1.82, 2.24) is 4.98 Å². The molecule has 1 aromatic carbocycles. The Balaban J connectivity index is 2.32. The number of nitrogens with one attached hydrogen (secondary N) is 1. The molecule has 2 aromatic rings. The van der Waals surface area contributed by atoms with Crippen molar-refractivity contribution in [3.8, 4) is 0 Å². The third kappa shape index (κ3) is 2.30. The van der Waals surface area contributed by atoms with Gasteiger partial charge in [0, 0.05) is 10.6 Å². The van der Waals surface area contributed by atoms with Crippen LogP contribution in [-0.2, 0) is 0 Å². The Morgan fingerprint density at radius 2 is 1.80 bits per heavy atom. The van der Waals surface area contributed by atoms with Gasteiger partial charge in [-0.1, -0.05) is 11.6 Å². The van der Waals surface area contributed by atoms with E-state index in [1.807, 2.05) is 0 Å². The molecule has 0 radical (unpaired) electrons. The maximum Gasteiger partial charge on any atom is 0.209 e. The second kappa shape index (κ2) is 4.21. The van der Waals surface area contributed by atoms with Crippen LogP contribution in [0.25, 0.3) is 0 Å². The Morgan fingerprint density at radius 1 is 1.13 bits per heavy atom. The van der Waals surface area contributed by atoms with Gasteiger partial charge >= 0.3 is 0 Å². The lowest BCUT2D eigenvalue weighted by Gasteiger charge is -1.98. The standard InChI is InChI=1S/C11H7BrClNO/c12-10-6-5-9(14-10)11(15)7-1-3-8(13)4-2-7/h1-6,14H. The maximum atomic E-state index is 11.9. The summed E-state index contributed by atoms with van der Waals surface area (Å²) in [6.45, 7) is 0. The van der Waals surface area contributed by atoms with Gasteiger partial charge in [-0.15, -0.1) is 0 Å². The zero-order valence-corrected chi connectivity index (χ0v) is 9.97. The first kappa shape index (κ1) is 10.5. The van der Waals surface area contributed by atoms with Crippen molar-refractivity contribution in [3.05, 3.63) is 57.3 Å². The lowest BCUT2D eigenvalue weighted by Crippen LogP contribution is -2.00. The van der Waals surface area contributed by atoms with Gasteiger partial charge in [-0.05, 0) is 52.3 Å². The van der Waals surface area contributed by atoms with E-state index in [0.29, 0.717) is 16.3 Å². The lowest BCUT2D eigenvalue weighted by atomic mass is 10.1. The molecule has 4 heteroatoms. The van der Waals surface area contributed by atoms with Gasteiger partial charge in [-0.3, -0.25) is 4.79 Å². The topological polar surface area (TPSA) is 32.9 Å². The van der Waals surface area contributed by atoms with Crippen LogP contribution < -0.4 is 0 Å². The van der Waals surface area contributed by atoms with Crippen molar-refractivity contribution in [2.24, 2.45) is 0 Å². The van der Waals surface area contributed by atoms with Crippen LogP contribution in [0.3, 0.4) is 0 Å². The molecule has 0 amide bonds. The summed E-state index contributed by atoms with van der Waals surface area (Å²) in [5.74, 6) is -0.0441. The molecule has 1 heterocycles. The highest BCUT2D eigenvalue weighted by Crippen LogP contribution is 2.15. The minimum atomic E-state index is -0.0441. The molecule has 2 rings (SSSR count). The van der Waals surface area contributed by atoms with E-state index in [-0.39, 0.29) is 5.78 Å². The fourth-order valence-electron chi connectivity index (χ4n) is 1.26. The number of carbonyl (C=O) groups excluding carboxylic acids is 1. The molecule has 0 atom stereocenters. The second-order valence-corrected chi connectivity index (χ2v) is 4.35. The number of H-pyrrole nitrogens is 1. The molecule has 0 aliphatic carbocycles. The van der Waals surface area contributed by atoms with E-state index in [1.54, 1.807) is 36.4 Å². The molecule has 0 aliphatic rings. The van der Waals surface area contributed by atoms with Crippen LogP contribution in [0.1, 0.15) is 16.1 Å². The van der Waals surface area contributed by atoms with Gasteiger partial charge in [0.15, 0.2) is 0 Å². The Bertz CT molecular complexity index is 490. The predicted molar refractivity (Wildman–Crippen MR) is 63.4 cm³/mol. The average Bonchev–Trinajstić information content (AvgIpc) is 2.65. The highest BCUT2D eigenvalue weighted by atomic mass is 79.9. The monoisotopic (exact) mass is 283 g/mol. The number of benzene rings is 1. The molecule has 0 fully saturated rings. The molecule has 0 aliphatic heterocycles. The molecule has 0 bridgehead atoms. The van der Waals surface area contributed by atoms with Crippen molar-refractivity contribution in [1.29, 1.82) is 0 Å². The van der Waals surface area contributed by atoms with Crippen LogP contribution in [0.15, 0.2) is 41.0 Å². The fraction of sp³-hybridized carbons (Fsp3) is 0. The molecule has 2 nitrogen and oxygen atoms in total. The van der Waals surface area contributed by atoms with E-state index < -0.39 is 0 Å². The van der Waals surface area contributed by atoms with E-state index in [1.165, 1.54) is 0 Å². The van der Waals surface area contributed by atoms with E-state index in [0.717, 1.165) is 4.60 Å². The Morgan fingerprint density at radius 3 is 2.33 bits per heavy atom. The average molecular weight is 285 g/mol. The van der Waals surface area contributed by atoms with Crippen LogP contribution in [0, 0.1) is 0 Å².